The summed E-state index contributed by atoms with van der Waals surface area (Å²) in [5.41, 5.74) is 10.5. The van der Waals surface area contributed by atoms with Crippen LogP contribution in [0.25, 0.3) is 11.0 Å². The van der Waals surface area contributed by atoms with E-state index in [2.05, 4.69) is 74.4 Å². The second kappa shape index (κ2) is 6.36. The van der Waals surface area contributed by atoms with Gasteiger partial charge in [0.1, 0.15) is 18.0 Å². The quantitative estimate of drug-likeness (QED) is 0.594. The average molecular weight is 353 g/mol. The molecule has 27 heavy (non-hydrogen) atoms. The van der Waals surface area contributed by atoms with Gasteiger partial charge in [0, 0.05) is 19.0 Å². The van der Waals surface area contributed by atoms with Gasteiger partial charge in [-0.1, -0.05) is 54.6 Å². The predicted octanol–water partition coefficient (Wildman–Crippen LogP) is 3.76. The Bertz CT molecular complexity index is 1110. The van der Waals surface area contributed by atoms with Gasteiger partial charge in [0.05, 0.1) is 5.39 Å². The second-order valence-electron chi connectivity index (χ2n) is 6.85. The van der Waals surface area contributed by atoms with Gasteiger partial charge in [-0.25, -0.2) is 15.0 Å². The number of hydrogen-bond acceptors (Lipinski definition) is 5. The minimum absolute atomic E-state index is 0.294. The summed E-state index contributed by atoms with van der Waals surface area (Å²) in [6.07, 6.45) is 1.57. The first-order valence-corrected chi connectivity index (χ1v) is 9.04. The van der Waals surface area contributed by atoms with E-state index in [1.165, 1.54) is 16.7 Å². The van der Waals surface area contributed by atoms with Crippen molar-refractivity contribution in [1.29, 1.82) is 0 Å². The minimum atomic E-state index is 0.294. The fourth-order valence-electron chi connectivity index (χ4n) is 3.93. The Morgan fingerprint density at radius 2 is 1.70 bits per heavy atom. The third-order valence-corrected chi connectivity index (χ3v) is 5.19. The molecule has 2 aromatic carbocycles. The fraction of sp³-hybridized carbons (Fsp3) is 0.136. The zero-order chi connectivity index (χ0) is 18.2. The topological polar surface area (TPSA) is 67.9 Å². The van der Waals surface area contributed by atoms with Crippen LogP contribution in [0.2, 0.25) is 0 Å². The van der Waals surface area contributed by atoms with E-state index in [4.69, 9.17) is 5.73 Å². The molecular formula is C22H19N5. The molecule has 4 aromatic rings. The van der Waals surface area contributed by atoms with Crippen molar-refractivity contribution in [3.63, 3.8) is 0 Å². The normalized spacial score (nSPS) is 16.3. The molecule has 5 nitrogen and oxygen atoms in total. The highest BCUT2D eigenvalue weighted by Crippen LogP contribution is 2.36. The molecule has 1 unspecified atom stereocenters. The molecule has 2 N–H and O–H groups in total. The van der Waals surface area contributed by atoms with Crippen molar-refractivity contribution in [3.05, 3.63) is 89.7 Å². The SMILES string of the molecule is Nc1ccc2c(N3Cc4ccccc4C(c4ccccc4)C3)ncnc2n1. The molecule has 5 heteroatoms. The lowest BCUT2D eigenvalue weighted by Crippen LogP contribution is -2.34. The maximum absolute atomic E-state index is 5.83. The molecule has 0 saturated heterocycles. The van der Waals surface area contributed by atoms with Crippen LogP contribution < -0.4 is 10.6 Å². The van der Waals surface area contributed by atoms with E-state index in [9.17, 15) is 0 Å². The number of benzene rings is 2. The van der Waals surface area contributed by atoms with Crippen molar-refractivity contribution in [2.75, 3.05) is 17.2 Å². The third-order valence-electron chi connectivity index (χ3n) is 5.19. The number of nitrogen functional groups attached to an aromatic ring is 1. The first kappa shape index (κ1) is 15.8. The summed E-state index contributed by atoms with van der Waals surface area (Å²) in [7, 11) is 0. The zero-order valence-electron chi connectivity index (χ0n) is 14.8. The van der Waals surface area contributed by atoms with Crippen LogP contribution in [0.4, 0.5) is 11.6 Å². The molecule has 0 saturated carbocycles. The maximum atomic E-state index is 5.83. The van der Waals surface area contributed by atoms with Crippen molar-refractivity contribution in [2.24, 2.45) is 0 Å². The number of anilines is 2. The number of fused-ring (bicyclic) bond motifs is 2. The van der Waals surface area contributed by atoms with Gasteiger partial charge >= 0.3 is 0 Å². The highest BCUT2D eigenvalue weighted by Gasteiger charge is 2.28. The molecule has 5 rings (SSSR count). The number of nitrogens with two attached hydrogens (primary N) is 1. The lowest BCUT2D eigenvalue weighted by atomic mass is 9.84. The van der Waals surface area contributed by atoms with E-state index < -0.39 is 0 Å². The van der Waals surface area contributed by atoms with Crippen molar-refractivity contribution in [1.82, 2.24) is 15.0 Å². The predicted molar refractivity (Wildman–Crippen MR) is 108 cm³/mol. The van der Waals surface area contributed by atoms with Crippen LogP contribution >= 0.6 is 0 Å². The van der Waals surface area contributed by atoms with Crippen LogP contribution in [0.1, 0.15) is 22.6 Å². The third kappa shape index (κ3) is 2.77. The lowest BCUT2D eigenvalue weighted by molar-refractivity contribution is 0.659. The molecular weight excluding hydrogens is 334 g/mol. The van der Waals surface area contributed by atoms with Gasteiger partial charge in [-0.15, -0.1) is 0 Å². The minimum Gasteiger partial charge on any atom is -0.384 e. The summed E-state index contributed by atoms with van der Waals surface area (Å²) in [5, 5.41) is 0.929. The molecule has 0 fully saturated rings. The van der Waals surface area contributed by atoms with Crippen molar-refractivity contribution >= 4 is 22.7 Å². The molecule has 1 aliphatic rings. The van der Waals surface area contributed by atoms with Crippen LogP contribution in [-0.4, -0.2) is 21.5 Å². The van der Waals surface area contributed by atoms with E-state index in [0.29, 0.717) is 17.4 Å². The van der Waals surface area contributed by atoms with Gasteiger partial charge < -0.3 is 10.6 Å². The number of pyridine rings is 1. The Balaban J connectivity index is 1.63. The summed E-state index contributed by atoms with van der Waals surface area (Å²) < 4.78 is 0. The van der Waals surface area contributed by atoms with E-state index in [0.717, 1.165) is 24.3 Å². The van der Waals surface area contributed by atoms with Crippen molar-refractivity contribution in [2.45, 2.75) is 12.5 Å². The van der Waals surface area contributed by atoms with Gasteiger partial charge in [-0.3, -0.25) is 0 Å². The van der Waals surface area contributed by atoms with Gasteiger partial charge in [0.15, 0.2) is 5.65 Å². The Kier molecular flexibility index (Phi) is 3.71. The maximum Gasteiger partial charge on any atom is 0.166 e. The number of aromatic nitrogens is 3. The summed E-state index contributed by atoms with van der Waals surface area (Å²) in [6.45, 7) is 1.67. The Morgan fingerprint density at radius 3 is 2.59 bits per heavy atom. The van der Waals surface area contributed by atoms with Crippen molar-refractivity contribution < 1.29 is 0 Å². The molecule has 1 atom stereocenters. The van der Waals surface area contributed by atoms with Crippen LogP contribution in [0.5, 0.6) is 0 Å². The Morgan fingerprint density at radius 1 is 0.889 bits per heavy atom. The molecule has 0 spiro atoms. The molecule has 0 bridgehead atoms. The van der Waals surface area contributed by atoms with E-state index in [1.807, 2.05) is 12.1 Å². The van der Waals surface area contributed by atoms with Crippen LogP contribution in [0, 0.1) is 0 Å². The Labute approximate surface area is 157 Å². The van der Waals surface area contributed by atoms with Gasteiger partial charge in [0.2, 0.25) is 0 Å². The largest absolute Gasteiger partial charge is 0.384 e. The van der Waals surface area contributed by atoms with Crippen LogP contribution in [-0.2, 0) is 6.54 Å². The monoisotopic (exact) mass is 353 g/mol. The molecule has 3 heterocycles. The first-order chi connectivity index (χ1) is 13.3. The summed E-state index contributed by atoms with van der Waals surface area (Å²) in [6, 6.07) is 23.1. The molecule has 0 radical (unpaired) electrons. The van der Waals surface area contributed by atoms with Crippen LogP contribution in [0.15, 0.2) is 73.1 Å². The van der Waals surface area contributed by atoms with Crippen LogP contribution in [0.3, 0.4) is 0 Å². The van der Waals surface area contributed by atoms with E-state index in [1.54, 1.807) is 6.33 Å². The highest BCUT2D eigenvalue weighted by molar-refractivity contribution is 5.87. The van der Waals surface area contributed by atoms with E-state index in [-0.39, 0.29) is 0 Å². The smallest absolute Gasteiger partial charge is 0.166 e. The first-order valence-electron chi connectivity index (χ1n) is 9.04. The second-order valence-corrected chi connectivity index (χ2v) is 6.85. The fourth-order valence-corrected chi connectivity index (χ4v) is 3.93. The summed E-state index contributed by atoms with van der Waals surface area (Å²) in [4.78, 5) is 15.6. The molecule has 0 aliphatic carbocycles. The molecule has 1 aliphatic heterocycles. The molecule has 2 aromatic heterocycles. The lowest BCUT2D eigenvalue weighted by Gasteiger charge is -2.36. The molecule has 132 valence electrons. The van der Waals surface area contributed by atoms with Gasteiger partial charge in [0.25, 0.3) is 0 Å². The van der Waals surface area contributed by atoms with Gasteiger partial charge in [-0.05, 0) is 28.8 Å². The number of hydrogen-bond donors (Lipinski definition) is 1. The number of rotatable bonds is 2. The standard InChI is InChI=1S/C22H19N5/c23-20-11-10-18-21(26-20)24-14-25-22(18)27-12-16-8-4-5-9-17(16)19(13-27)15-6-2-1-3-7-15/h1-11,14,19H,12-13H2,(H2,23,24,25,26). The summed E-state index contributed by atoms with van der Waals surface area (Å²) >= 11 is 0. The van der Waals surface area contributed by atoms with E-state index >= 15 is 0 Å². The zero-order valence-corrected chi connectivity index (χ0v) is 14.8. The number of nitrogens with zero attached hydrogens (tertiary/aromatic N) is 4. The molecule has 0 amide bonds. The Hall–Kier alpha value is -3.47. The van der Waals surface area contributed by atoms with Crippen molar-refractivity contribution in [3.8, 4) is 0 Å². The highest BCUT2D eigenvalue weighted by atomic mass is 15.2. The average Bonchev–Trinajstić information content (AvgIpc) is 2.73. The van der Waals surface area contributed by atoms with Gasteiger partial charge in [-0.2, -0.15) is 0 Å². The summed E-state index contributed by atoms with van der Waals surface area (Å²) in [5.74, 6) is 1.67.